The quantitative estimate of drug-likeness (QED) is 0.878. The van der Waals surface area contributed by atoms with E-state index in [4.69, 9.17) is 0 Å². The molecule has 0 spiro atoms. The number of carboxylic acid groups (broad SMARTS) is 1. The molecule has 0 saturated carbocycles. The number of likely N-dealkylation sites (tertiary alicyclic amines) is 1. The van der Waals surface area contributed by atoms with Gasteiger partial charge in [0, 0.05) is 36.2 Å². The molecule has 4 rings (SSSR count). The first-order valence-corrected chi connectivity index (χ1v) is 10.1. The van der Waals surface area contributed by atoms with Gasteiger partial charge < -0.3 is 5.11 Å². The molecule has 1 atom stereocenters. The van der Waals surface area contributed by atoms with E-state index in [0.29, 0.717) is 12.0 Å². The highest BCUT2D eigenvalue weighted by atomic mass is 16.4. The molecule has 1 N–H and O–H groups in total. The normalized spacial score (nSPS) is 21.1. The third-order valence-corrected chi connectivity index (χ3v) is 6.18. The number of fused-ring (bicyclic) bond motifs is 1. The Morgan fingerprint density at radius 2 is 1.96 bits per heavy atom. The van der Waals surface area contributed by atoms with Crippen molar-refractivity contribution in [2.45, 2.75) is 64.0 Å². The molecular formula is C21H28N4O2. The average Bonchev–Trinajstić information content (AvgIpc) is 3.07. The van der Waals surface area contributed by atoms with Crippen LogP contribution in [0.15, 0.2) is 24.5 Å². The Morgan fingerprint density at radius 1 is 1.22 bits per heavy atom. The lowest BCUT2D eigenvalue weighted by Crippen LogP contribution is -2.44. The largest absolute Gasteiger partial charge is 0.476 e. The van der Waals surface area contributed by atoms with Gasteiger partial charge in [0.15, 0.2) is 5.69 Å². The van der Waals surface area contributed by atoms with E-state index in [2.05, 4.69) is 34.0 Å². The molecule has 3 heterocycles. The third-order valence-electron chi connectivity index (χ3n) is 6.18. The zero-order valence-corrected chi connectivity index (χ0v) is 16.0. The molecule has 144 valence electrons. The first-order chi connectivity index (χ1) is 13.2. The van der Waals surface area contributed by atoms with Crippen LogP contribution in [0.4, 0.5) is 0 Å². The van der Waals surface area contributed by atoms with Gasteiger partial charge in [-0.15, -0.1) is 0 Å². The zero-order valence-electron chi connectivity index (χ0n) is 16.0. The number of aryl methyl sites for hydroxylation is 1. The van der Waals surface area contributed by atoms with Gasteiger partial charge in [0.1, 0.15) is 0 Å². The Morgan fingerprint density at radius 3 is 2.63 bits per heavy atom. The minimum atomic E-state index is -0.891. The lowest BCUT2D eigenvalue weighted by Gasteiger charge is -2.39. The number of pyridine rings is 1. The predicted octanol–water partition coefficient (Wildman–Crippen LogP) is 3.12. The molecular weight excluding hydrogens is 340 g/mol. The molecule has 0 aromatic carbocycles. The van der Waals surface area contributed by atoms with Crippen LogP contribution in [0.1, 0.15) is 65.8 Å². The predicted molar refractivity (Wildman–Crippen MR) is 103 cm³/mol. The van der Waals surface area contributed by atoms with Crippen molar-refractivity contribution in [1.29, 1.82) is 0 Å². The second-order valence-electron chi connectivity index (χ2n) is 7.79. The molecule has 0 unspecified atom stereocenters. The van der Waals surface area contributed by atoms with Gasteiger partial charge in [-0.25, -0.2) is 4.79 Å². The van der Waals surface area contributed by atoms with Gasteiger partial charge in [-0.1, -0.05) is 6.92 Å². The summed E-state index contributed by atoms with van der Waals surface area (Å²) in [6, 6.07) is 4.71. The molecule has 0 bridgehead atoms. The molecule has 0 radical (unpaired) electrons. The topological polar surface area (TPSA) is 71.2 Å². The van der Waals surface area contributed by atoms with E-state index in [0.717, 1.165) is 69.4 Å². The minimum absolute atomic E-state index is 0.273. The number of aromatic nitrogens is 3. The van der Waals surface area contributed by atoms with Gasteiger partial charge in [0.25, 0.3) is 0 Å². The number of piperidine rings is 1. The summed E-state index contributed by atoms with van der Waals surface area (Å²) in [6.07, 6.45) is 9.91. The van der Waals surface area contributed by atoms with Crippen LogP contribution in [0.5, 0.6) is 0 Å². The van der Waals surface area contributed by atoms with Gasteiger partial charge in [-0.05, 0) is 75.2 Å². The summed E-state index contributed by atoms with van der Waals surface area (Å²) in [5.41, 5.74) is 3.79. The Bertz CT molecular complexity index is 794. The van der Waals surface area contributed by atoms with Crippen molar-refractivity contribution in [3.8, 4) is 0 Å². The summed E-state index contributed by atoms with van der Waals surface area (Å²) in [5.74, 6) is -0.275. The molecule has 1 aliphatic carbocycles. The molecule has 1 fully saturated rings. The molecule has 1 aliphatic heterocycles. The van der Waals surface area contributed by atoms with Crippen LogP contribution < -0.4 is 0 Å². The molecule has 6 heteroatoms. The van der Waals surface area contributed by atoms with Crippen LogP contribution in [0.25, 0.3) is 0 Å². The highest BCUT2D eigenvalue weighted by Gasteiger charge is 2.33. The van der Waals surface area contributed by atoms with Crippen LogP contribution in [0, 0.1) is 0 Å². The number of carboxylic acids is 1. The van der Waals surface area contributed by atoms with E-state index in [-0.39, 0.29) is 5.69 Å². The molecule has 0 amide bonds. The number of nitrogens with zero attached hydrogens (tertiary/aromatic N) is 4. The fraction of sp³-hybridized carbons (Fsp3) is 0.571. The first kappa shape index (κ1) is 18.2. The highest BCUT2D eigenvalue weighted by molar-refractivity contribution is 5.87. The highest BCUT2D eigenvalue weighted by Crippen LogP contribution is 2.33. The number of carbonyl (C=O) groups is 1. The van der Waals surface area contributed by atoms with Crippen molar-refractivity contribution in [3.63, 3.8) is 0 Å². The van der Waals surface area contributed by atoms with Crippen LogP contribution in [-0.2, 0) is 19.4 Å². The Balaban J connectivity index is 1.45. The van der Waals surface area contributed by atoms with Crippen LogP contribution in [0.2, 0.25) is 0 Å². The van der Waals surface area contributed by atoms with Crippen LogP contribution in [0.3, 0.4) is 0 Å². The molecule has 2 aromatic rings. The second kappa shape index (κ2) is 7.80. The van der Waals surface area contributed by atoms with Crippen LogP contribution >= 0.6 is 0 Å². The maximum Gasteiger partial charge on any atom is 0.356 e. The number of rotatable bonds is 5. The van der Waals surface area contributed by atoms with Gasteiger partial charge in [-0.3, -0.25) is 14.6 Å². The maximum absolute atomic E-state index is 11.7. The van der Waals surface area contributed by atoms with E-state index < -0.39 is 5.97 Å². The number of aromatic carboxylic acids is 1. The molecule has 2 aliphatic rings. The Labute approximate surface area is 160 Å². The van der Waals surface area contributed by atoms with Gasteiger partial charge in [0.2, 0.25) is 0 Å². The van der Waals surface area contributed by atoms with Gasteiger partial charge in [-0.2, -0.15) is 5.10 Å². The number of hydrogen-bond acceptors (Lipinski definition) is 4. The van der Waals surface area contributed by atoms with Crippen LogP contribution in [-0.4, -0.2) is 49.9 Å². The van der Waals surface area contributed by atoms with E-state index in [1.54, 1.807) is 0 Å². The Hall–Kier alpha value is -2.21. The molecule has 27 heavy (non-hydrogen) atoms. The molecule has 2 aromatic heterocycles. The minimum Gasteiger partial charge on any atom is -0.476 e. The summed E-state index contributed by atoms with van der Waals surface area (Å²) < 4.78 is 1.94. The Kier molecular flexibility index (Phi) is 5.25. The number of hydrogen-bond donors (Lipinski definition) is 1. The smallest absolute Gasteiger partial charge is 0.356 e. The fourth-order valence-corrected chi connectivity index (χ4v) is 4.78. The monoisotopic (exact) mass is 368 g/mol. The van der Waals surface area contributed by atoms with Crippen molar-refractivity contribution in [2.75, 3.05) is 13.1 Å². The van der Waals surface area contributed by atoms with Gasteiger partial charge >= 0.3 is 5.97 Å². The zero-order chi connectivity index (χ0) is 18.8. The second-order valence-corrected chi connectivity index (χ2v) is 7.79. The lowest BCUT2D eigenvalue weighted by molar-refractivity contribution is 0.0687. The standard InChI is InChI=1S/C21H28N4O2/c1-2-11-25-19-4-3-17(14-18(19)20(23-25)21(26)27)24-12-7-16(8-13-24)15-5-9-22-10-6-15/h5-6,9-10,16-17H,2-4,7-8,11-14H2,1H3,(H,26,27)/t17-/m0/s1. The van der Waals surface area contributed by atoms with E-state index in [1.165, 1.54) is 5.56 Å². The summed E-state index contributed by atoms with van der Waals surface area (Å²) in [4.78, 5) is 18.4. The fourth-order valence-electron chi connectivity index (χ4n) is 4.78. The van der Waals surface area contributed by atoms with E-state index in [9.17, 15) is 9.90 Å². The SMILES string of the molecule is CCCn1nc(C(=O)O)c2c1CC[C@H](N1CCC(c3ccncc3)CC1)C2. The first-order valence-electron chi connectivity index (χ1n) is 10.1. The van der Waals surface area contributed by atoms with Crippen molar-refractivity contribution in [1.82, 2.24) is 19.7 Å². The summed E-state index contributed by atoms with van der Waals surface area (Å²) in [5, 5.41) is 14.0. The van der Waals surface area contributed by atoms with Crippen molar-refractivity contribution in [3.05, 3.63) is 47.0 Å². The molecule has 6 nitrogen and oxygen atoms in total. The summed E-state index contributed by atoms with van der Waals surface area (Å²) >= 11 is 0. The average molecular weight is 368 g/mol. The van der Waals surface area contributed by atoms with Crippen molar-refractivity contribution in [2.24, 2.45) is 0 Å². The molecule has 1 saturated heterocycles. The summed E-state index contributed by atoms with van der Waals surface area (Å²) in [7, 11) is 0. The van der Waals surface area contributed by atoms with Crippen molar-refractivity contribution < 1.29 is 9.90 Å². The van der Waals surface area contributed by atoms with E-state index >= 15 is 0 Å². The third kappa shape index (κ3) is 3.63. The van der Waals surface area contributed by atoms with E-state index in [1.807, 2.05) is 17.1 Å². The van der Waals surface area contributed by atoms with Crippen molar-refractivity contribution >= 4 is 5.97 Å². The summed E-state index contributed by atoms with van der Waals surface area (Å²) in [6.45, 7) is 5.07. The lowest BCUT2D eigenvalue weighted by atomic mass is 9.86. The van der Waals surface area contributed by atoms with Gasteiger partial charge in [0.05, 0.1) is 0 Å². The maximum atomic E-state index is 11.7.